The van der Waals surface area contributed by atoms with E-state index in [1.54, 1.807) is 36.4 Å². The van der Waals surface area contributed by atoms with Gasteiger partial charge in [-0.25, -0.2) is 9.69 Å². The first kappa shape index (κ1) is 12.7. The van der Waals surface area contributed by atoms with Crippen molar-refractivity contribution in [1.29, 1.82) is 0 Å². The van der Waals surface area contributed by atoms with E-state index >= 15 is 0 Å². The molecule has 3 amide bonds. The zero-order valence-electron chi connectivity index (χ0n) is 10.3. The zero-order valence-corrected chi connectivity index (χ0v) is 10.3. The summed E-state index contributed by atoms with van der Waals surface area (Å²) in [7, 11) is 0. The number of hydrogen-bond donors (Lipinski definition) is 2. The summed E-state index contributed by atoms with van der Waals surface area (Å²) in [4.78, 5) is 24.6. The molecule has 1 aromatic carbocycles. The molecule has 6 nitrogen and oxygen atoms in total. The Morgan fingerprint density at radius 3 is 2.42 bits per heavy atom. The molecule has 3 N–H and O–H groups in total. The first-order chi connectivity index (χ1) is 9.08. The molecule has 98 valence electrons. The van der Waals surface area contributed by atoms with Gasteiger partial charge in [-0.3, -0.25) is 10.1 Å². The molecule has 0 unspecified atom stereocenters. The van der Waals surface area contributed by atoms with Crippen molar-refractivity contribution < 1.29 is 14.0 Å². The van der Waals surface area contributed by atoms with Crippen LogP contribution in [-0.2, 0) is 4.79 Å². The number of carbonyl (C=O) groups is 2. The number of hydrogen-bond acceptors (Lipinski definition) is 4. The molecule has 0 atom stereocenters. The number of urea groups is 1. The Morgan fingerprint density at radius 2 is 1.89 bits per heavy atom. The number of carbonyl (C=O) groups excluding carboxylic acids is 2. The van der Waals surface area contributed by atoms with Gasteiger partial charge >= 0.3 is 6.03 Å². The van der Waals surface area contributed by atoms with Gasteiger partial charge in [0.2, 0.25) is 11.8 Å². The first-order valence-electron chi connectivity index (χ1n) is 5.58. The van der Waals surface area contributed by atoms with Crippen molar-refractivity contribution >= 4 is 29.2 Å². The second-order valence-corrected chi connectivity index (χ2v) is 3.85. The molecule has 2 aromatic rings. The largest absolute Gasteiger partial charge is 0.449 e. The van der Waals surface area contributed by atoms with Crippen LogP contribution in [0.1, 0.15) is 6.92 Å². The quantitative estimate of drug-likeness (QED) is 0.811. The maximum absolute atomic E-state index is 12.0. The lowest BCUT2D eigenvalue weighted by atomic mass is 10.2. The Bertz CT molecular complexity index is 576. The number of nitrogens with one attached hydrogen (secondary N) is 1. The van der Waals surface area contributed by atoms with Gasteiger partial charge in [-0.1, -0.05) is 0 Å². The van der Waals surface area contributed by atoms with Crippen molar-refractivity contribution in [2.45, 2.75) is 6.92 Å². The van der Waals surface area contributed by atoms with E-state index in [1.807, 2.05) is 0 Å². The van der Waals surface area contributed by atoms with E-state index in [1.165, 1.54) is 13.2 Å². The van der Waals surface area contributed by atoms with Crippen LogP contribution in [0.15, 0.2) is 47.1 Å². The summed E-state index contributed by atoms with van der Waals surface area (Å²) < 4.78 is 5.00. The highest BCUT2D eigenvalue weighted by Gasteiger charge is 2.20. The molecule has 6 heteroatoms. The van der Waals surface area contributed by atoms with Crippen LogP contribution in [0.4, 0.5) is 22.1 Å². The number of rotatable bonds is 2. The predicted octanol–water partition coefficient (Wildman–Crippen LogP) is 2.45. The monoisotopic (exact) mass is 259 g/mol. The molecule has 0 aliphatic heterocycles. The minimum atomic E-state index is -0.591. The van der Waals surface area contributed by atoms with Crippen LogP contribution in [0, 0.1) is 0 Å². The van der Waals surface area contributed by atoms with Gasteiger partial charge in [-0.15, -0.1) is 0 Å². The highest BCUT2D eigenvalue weighted by Crippen LogP contribution is 2.18. The van der Waals surface area contributed by atoms with Crippen LogP contribution in [0.25, 0.3) is 0 Å². The van der Waals surface area contributed by atoms with Crippen molar-refractivity contribution in [3.63, 3.8) is 0 Å². The van der Waals surface area contributed by atoms with E-state index in [2.05, 4.69) is 5.32 Å². The van der Waals surface area contributed by atoms with Crippen LogP contribution in [0.5, 0.6) is 0 Å². The fraction of sp³-hybridized carbons (Fsp3) is 0.0769. The van der Waals surface area contributed by atoms with E-state index in [-0.39, 0.29) is 5.88 Å². The van der Waals surface area contributed by atoms with Crippen molar-refractivity contribution in [3.05, 3.63) is 42.7 Å². The van der Waals surface area contributed by atoms with Crippen molar-refractivity contribution in [2.24, 2.45) is 0 Å². The van der Waals surface area contributed by atoms with Gasteiger partial charge in [-0.05, 0) is 30.3 Å². The summed E-state index contributed by atoms with van der Waals surface area (Å²) in [6.07, 6.45) is 1.43. The van der Waals surface area contributed by atoms with Gasteiger partial charge in [0, 0.05) is 18.7 Å². The summed E-state index contributed by atoms with van der Waals surface area (Å²) >= 11 is 0. The molecule has 0 radical (unpaired) electrons. The predicted molar refractivity (Wildman–Crippen MR) is 71.7 cm³/mol. The third-order valence-electron chi connectivity index (χ3n) is 2.42. The summed E-state index contributed by atoms with van der Waals surface area (Å²) in [5.74, 6) is -0.138. The minimum Gasteiger partial charge on any atom is -0.449 e. The topological polar surface area (TPSA) is 88.6 Å². The molecule has 0 bridgehead atoms. The average molecular weight is 259 g/mol. The highest BCUT2D eigenvalue weighted by atomic mass is 16.3. The number of nitrogen functional groups attached to an aromatic ring is 1. The second-order valence-electron chi connectivity index (χ2n) is 3.85. The Hall–Kier alpha value is -2.76. The molecular formula is C13H13N3O3. The number of amides is 3. The van der Waals surface area contributed by atoms with Gasteiger partial charge in [-0.2, -0.15) is 0 Å². The molecule has 19 heavy (non-hydrogen) atoms. The standard InChI is InChI=1S/C13H13N3O3/c1-9(17)16(11-6-4-10(14)5-7-11)13(18)15-12-3-2-8-19-12/h2-8H,14H2,1H3,(H,15,18). The molecule has 2 rings (SSSR count). The lowest BCUT2D eigenvalue weighted by Crippen LogP contribution is -2.38. The minimum absolute atomic E-state index is 0.270. The Balaban J connectivity index is 2.22. The van der Waals surface area contributed by atoms with Crippen molar-refractivity contribution in [1.82, 2.24) is 0 Å². The van der Waals surface area contributed by atoms with E-state index in [0.717, 1.165) is 4.90 Å². The van der Waals surface area contributed by atoms with Crippen LogP contribution in [0.3, 0.4) is 0 Å². The van der Waals surface area contributed by atoms with Crippen LogP contribution < -0.4 is 16.0 Å². The van der Waals surface area contributed by atoms with E-state index in [0.29, 0.717) is 11.4 Å². The molecule has 0 aliphatic carbocycles. The summed E-state index contributed by atoms with van der Waals surface area (Å²) in [5.41, 5.74) is 6.56. The lowest BCUT2D eigenvalue weighted by Gasteiger charge is -2.19. The lowest BCUT2D eigenvalue weighted by molar-refractivity contribution is -0.115. The number of nitrogens with zero attached hydrogens (tertiary/aromatic N) is 1. The Labute approximate surface area is 109 Å². The zero-order chi connectivity index (χ0) is 13.8. The van der Waals surface area contributed by atoms with E-state index in [9.17, 15) is 9.59 Å². The maximum Gasteiger partial charge on any atom is 0.335 e. The van der Waals surface area contributed by atoms with Crippen LogP contribution in [-0.4, -0.2) is 11.9 Å². The SMILES string of the molecule is CC(=O)N(C(=O)Nc1ccco1)c1ccc(N)cc1. The molecular weight excluding hydrogens is 246 g/mol. The fourth-order valence-electron chi connectivity index (χ4n) is 1.58. The molecule has 0 saturated heterocycles. The van der Waals surface area contributed by atoms with Gasteiger partial charge in [0.25, 0.3) is 0 Å². The van der Waals surface area contributed by atoms with E-state index in [4.69, 9.17) is 10.2 Å². The first-order valence-corrected chi connectivity index (χ1v) is 5.58. The molecule has 1 heterocycles. The third-order valence-corrected chi connectivity index (χ3v) is 2.42. The Morgan fingerprint density at radius 1 is 1.21 bits per heavy atom. The van der Waals surface area contributed by atoms with Gasteiger partial charge < -0.3 is 10.2 Å². The highest BCUT2D eigenvalue weighted by molar-refractivity contribution is 6.17. The second kappa shape index (κ2) is 5.26. The summed E-state index contributed by atoms with van der Waals surface area (Å²) in [6, 6.07) is 9.05. The molecule has 0 spiro atoms. The number of furan rings is 1. The summed E-state index contributed by atoms with van der Waals surface area (Å²) in [5, 5.41) is 2.48. The van der Waals surface area contributed by atoms with Gasteiger partial charge in [0.1, 0.15) is 0 Å². The van der Waals surface area contributed by atoms with Crippen molar-refractivity contribution in [3.8, 4) is 0 Å². The number of benzene rings is 1. The molecule has 1 aromatic heterocycles. The van der Waals surface area contributed by atoms with Crippen molar-refractivity contribution in [2.75, 3.05) is 16.0 Å². The van der Waals surface area contributed by atoms with E-state index < -0.39 is 11.9 Å². The van der Waals surface area contributed by atoms with Crippen LogP contribution in [0.2, 0.25) is 0 Å². The van der Waals surface area contributed by atoms with Gasteiger partial charge in [0.05, 0.1) is 12.0 Å². The number of nitrogens with two attached hydrogens (primary N) is 1. The Kier molecular flexibility index (Phi) is 3.51. The summed E-state index contributed by atoms with van der Waals surface area (Å²) in [6.45, 7) is 1.30. The number of imide groups is 1. The molecule has 0 aliphatic rings. The molecule has 0 saturated carbocycles. The fourth-order valence-corrected chi connectivity index (χ4v) is 1.58. The normalized spacial score (nSPS) is 9.95. The average Bonchev–Trinajstić information content (AvgIpc) is 2.84. The third kappa shape index (κ3) is 2.92. The molecule has 0 fully saturated rings. The van der Waals surface area contributed by atoms with Gasteiger partial charge in [0.15, 0.2) is 0 Å². The maximum atomic E-state index is 12.0. The number of anilines is 3. The van der Waals surface area contributed by atoms with Crippen LogP contribution >= 0.6 is 0 Å². The smallest absolute Gasteiger partial charge is 0.335 e.